The van der Waals surface area contributed by atoms with Crippen LogP contribution in [-0.4, -0.2) is 30.9 Å². The van der Waals surface area contributed by atoms with Crippen LogP contribution in [0.15, 0.2) is 59.0 Å². The number of nitrogens with one attached hydrogen (secondary N) is 1. The third-order valence-electron chi connectivity index (χ3n) is 5.23. The van der Waals surface area contributed by atoms with Gasteiger partial charge in [-0.2, -0.15) is 0 Å². The minimum atomic E-state index is -0.475. The van der Waals surface area contributed by atoms with Crippen molar-refractivity contribution >= 4 is 22.7 Å². The number of benzene rings is 2. The largest absolute Gasteiger partial charge is 0.460 e. The van der Waals surface area contributed by atoms with Crippen molar-refractivity contribution in [3.8, 4) is 0 Å². The number of fused-ring (bicyclic) bond motifs is 1. The van der Waals surface area contributed by atoms with E-state index in [2.05, 4.69) is 17.4 Å². The maximum atomic E-state index is 13.0. The first kappa shape index (κ1) is 18.4. The Hall–Kier alpha value is -2.92. The Balaban J connectivity index is 1.51. The summed E-state index contributed by atoms with van der Waals surface area (Å²) in [5.74, 6) is 0.0979. The number of furan rings is 1. The van der Waals surface area contributed by atoms with Gasteiger partial charge >= 0.3 is 5.97 Å². The zero-order valence-electron chi connectivity index (χ0n) is 15.8. The van der Waals surface area contributed by atoms with Gasteiger partial charge in [0.2, 0.25) is 5.76 Å². The first-order chi connectivity index (χ1) is 13.7. The molecule has 28 heavy (non-hydrogen) atoms. The second kappa shape index (κ2) is 7.98. The van der Waals surface area contributed by atoms with Gasteiger partial charge in [0.1, 0.15) is 5.58 Å². The molecule has 0 spiro atoms. The summed E-state index contributed by atoms with van der Waals surface area (Å²) >= 11 is 0. The van der Waals surface area contributed by atoms with E-state index in [1.165, 1.54) is 5.56 Å². The van der Waals surface area contributed by atoms with Gasteiger partial charge in [-0.1, -0.05) is 36.4 Å². The number of carbonyl (C=O) groups excluding carboxylic acids is 2. The summed E-state index contributed by atoms with van der Waals surface area (Å²) in [5.41, 5.74) is 2.73. The highest BCUT2D eigenvalue weighted by molar-refractivity contribution is 5.93. The van der Waals surface area contributed by atoms with Gasteiger partial charge < -0.3 is 14.5 Å². The van der Waals surface area contributed by atoms with Crippen LogP contribution in [0.2, 0.25) is 0 Å². The summed E-state index contributed by atoms with van der Waals surface area (Å²) in [6.45, 7) is 2.90. The number of carbonyl (C=O) groups is 2. The smallest absolute Gasteiger partial charge is 0.374 e. The van der Waals surface area contributed by atoms with E-state index < -0.39 is 5.97 Å². The first-order valence-corrected chi connectivity index (χ1v) is 9.66. The van der Waals surface area contributed by atoms with Crippen LogP contribution in [0.25, 0.3) is 11.0 Å². The SMILES string of the molecule is CCOC(=O)c1cc2cc(CC(=O)[C@H]3NCC[C@H]3c3ccccc3)ccc2o1. The van der Waals surface area contributed by atoms with Crippen molar-refractivity contribution in [2.24, 2.45) is 0 Å². The monoisotopic (exact) mass is 377 g/mol. The van der Waals surface area contributed by atoms with E-state index in [0.29, 0.717) is 18.6 Å². The van der Waals surface area contributed by atoms with E-state index in [0.717, 1.165) is 23.9 Å². The van der Waals surface area contributed by atoms with Gasteiger partial charge in [0.15, 0.2) is 5.78 Å². The van der Waals surface area contributed by atoms with Gasteiger partial charge in [-0.3, -0.25) is 4.79 Å². The molecular weight excluding hydrogens is 354 g/mol. The number of Topliss-reactive ketones (excluding diaryl/α,β-unsaturated/α-hetero) is 1. The van der Waals surface area contributed by atoms with Gasteiger partial charge in [-0.15, -0.1) is 0 Å². The predicted molar refractivity (Wildman–Crippen MR) is 106 cm³/mol. The molecule has 0 radical (unpaired) electrons. The molecule has 2 atom stereocenters. The van der Waals surface area contributed by atoms with Crippen molar-refractivity contribution in [1.82, 2.24) is 5.32 Å². The van der Waals surface area contributed by atoms with Crippen LogP contribution in [0.5, 0.6) is 0 Å². The maximum Gasteiger partial charge on any atom is 0.374 e. The van der Waals surface area contributed by atoms with Crippen molar-refractivity contribution in [1.29, 1.82) is 0 Å². The topological polar surface area (TPSA) is 68.5 Å². The number of rotatable bonds is 6. The normalized spacial score (nSPS) is 19.0. The fourth-order valence-corrected chi connectivity index (χ4v) is 3.92. The fourth-order valence-electron chi connectivity index (χ4n) is 3.92. The fraction of sp³-hybridized carbons (Fsp3) is 0.304. The molecule has 2 aromatic carbocycles. The van der Waals surface area contributed by atoms with Crippen molar-refractivity contribution in [3.05, 3.63) is 71.5 Å². The average molecular weight is 377 g/mol. The second-order valence-electron chi connectivity index (χ2n) is 7.08. The van der Waals surface area contributed by atoms with Crippen LogP contribution >= 0.6 is 0 Å². The lowest BCUT2D eigenvalue weighted by Gasteiger charge is -2.19. The number of hydrogen-bond donors (Lipinski definition) is 1. The molecule has 1 saturated heterocycles. The van der Waals surface area contributed by atoms with Crippen molar-refractivity contribution in [2.75, 3.05) is 13.2 Å². The van der Waals surface area contributed by atoms with E-state index >= 15 is 0 Å². The highest BCUT2D eigenvalue weighted by Gasteiger charge is 2.33. The van der Waals surface area contributed by atoms with Gasteiger partial charge in [0.05, 0.1) is 12.6 Å². The lowest BCUT2D eigenvalue weighted by molar-refractivity contribution is -0.120. The van der Waals surface area contributed by atoms with Crippen LogP contribution < -0.4 is 5.32 Å². The van der Waals surface area contributed by atoms with Crippen molar-refractivity contribution in [3.63, 3.8) is 0 Å². The van der Waals surface area contributed by atoms with E-state index in [1.54, 1.807) is 19.1 Å². The van der Waals surface area contributed by atoms with E-state index in [9.17, 15) is 9.59 Å². The number of ether oxygens (including phenoxy) is 1. The molecule has 5 nitrogen and oxygen atoms in total. The second-order valence-corrected chi connectivity index (χ2v) is 7.08. The van der Waals surface area contributed by atoms with Crippen LogP contribution in [0, 0.1) is 0 Å². The van der Waals surface area contributed by atoms with Gasteiger partial charge in [-0.25, -0.2) is 4.79 Å². The maximum absolute atomic E-state index is 13.0. The Morgan fingerprint density at radius 1 is 1.14 bits per heavy atom. The summed E-state index contributed by atoms with van der Waals surface area (Å²) < 4.78 is 10.5. The van der Waals surface area contributed by atoms with Crippen LogP contribution in [-0.2, 0) is 16.0 Å². The predicted octanol–water partition coefficient (Wildman–Crippen LogP) is 3.87. The third-order valence-corrected chi connectivity index (χ3v) is 5.23. The Kier molecular flexibility index (Phi) is 5.26. The summed E-state index contributed by atoms with van der Waals surface area (Å²) in [7, 11) is 0. The average Bonchev–Trinajstić information content (AvgIpc) is 3.36. The van der Waals surface area contributed by atoms with E-state index in [1.807, 2.05) is 30.3 Å². The highest BCUT2D eigenvalue weighted by Crippen LogP contribution is 2.29. The molecule has 2 heterocycles. The lowest BCUT2D eigenvalue weighted by atomic mass is 9.88. The Labute approximate surface area is 163 Å². The molecule has 0 unspecified atom stereocenters. The van der Waals surface area contributed by atoms with E-state index in [4.69, 9.17) is 9.15 Å². The number of esters is 1. The molecule has 144 valence electrons. The van der Waals surface area contributed by atoms with Crippen molar-refractivity contribution in [2.45, 2.75) is 31.7 Å². The summed E-state index contributed by atoms with van der Waals surface area (Å²) in [6, 6.07) is 17.3. The molecule has 4 rings (SSSR count). The first-order valence-electron chi connectivity index (χ1n) is 9.66. The Morgan fingerprint density at radius 2 is 1.96 bits per heavy atom. The summed E-state index contributed by atoms with van der Waals surface area (Å²) in [5, 5.41) is 4.16. The molecule has 3 aromatic rings. The molecule has 1 aliphatic rings. The minimum absolute atomic E-state index is 0.169. The zero-order valence-corrected chi connectivity index (χ0v) is 15.8. The molecule has 0 bridgehead atoms. The van der Waals surface area contributed by atoms with Crippen LogP contribution in [0.4, 0.5) is 0 Å². The number of hydrogen-bond acceptors (Lipinski definition) is 5. The molecule has 1 fully saturated rings. The highest BCUT2D eigenvalue weighted by atomic mass is 16.5. The Morgan fingerprint density at radius 3 is 2.75 bits per heavy atom. The van der Waals surface area contributed by atoms with Gasteiger partial charge in [-0.05, 0) is 49.2 Å². The molecule has 0 aliphatic carbocycles. The molecule has 1 N–H and O–H groups in total. The zero-order chi connectivity index (χ0) is 19.5. The number of ketones is 1. The molecule has 5 heteroatoms. The standard InChI is InChI=1S/C23H23NO4/c1-2-27-23(26)21-14-17-12-15(8-9-20(17)28-21)13-19(25)22-18(10-11-24-22)16-6-4-3-5-7-16/h3-9,12,14,18,22,24H,2,10-11,13H2,1H3/t18-,22-/m0/s1. The van der Waals surface area contributed by atoms with Crippen LogP contribution in [0.1, 0.15) is 40.9 Å². The molecular formula is C23H23NO4. The Bertz CT molecular complexity index is 992. The third kappa shape index (κ3) is 3.71. The van der Waals surface area contributed by atoms with Gasteiger partial charge in [0.25, 0.3) is 0 Å². The summed E-state index contributed by atoms with van der Waals surface area (Å²) in [4.78, 5) is 24.8. The molecule has 1 aliphatic heterocycles. The van der Waals surface area contributed by atoms with Crippen LogP contribution in [0.3, 0.4) is 0 Å². The van der Waals surface area contributed by atoms with Crippen molar-refractivity contribution < 1.29 is 18.7 Å². The molecule has 1 aromatic heterocycles. The van der Waals surface area contributed by atoms with E-state index in [-0.39, 0.29) is 23.5 Å². The molecule has 0 saturated carbocycles. The minimum Gasteiger partial charge on any atom is -0.460 e. The summed E-state index contributed by atoms with van der Waals surface area (Å²) in [6.07, 6.45) is 1.31. The molecule has 0 amide bonds. The van der Waals surface area contributed by atoms with Gasteiger partial charge in [0, 0.05) is 17.7 Å². The lowest BCUT2D eigenvalue weighted by Crippen LogP contribution is -2.35. The quantitative estimate of drug-likeness (QED) is 0.661.